The van der Waals surface area contributed by atoms with Crippen molar-refractivity contribution in [3.8, 4) is 0 Å². The van der Waals surface area contributed by atoms with Crippen LogP contribution >= 0.6 is 11.8 Å². The summed E-state index contributed by atoms with van der Waals surface area (Å²) in [5.41, 5.74) is 0.929. The highest BCUT2D eigenvalue weighted by Crippen LogP contribution is 2.12. The Bertz CT molecular complexity index is 689. The summed E-state index contributed by atoms with van der Waals surface area (Å²) in [4.78, 5) is 23.2. The van der Waals surface area contributed by atoms with Crippen LogP contribution in [0.2, 0.25) is 0 Å². The summed E-state index contributed by atoms with van der Waals surface area (Å²) in [6.07, 6.45) is 2.16. The number of sulfonamides is 1. The zero-order valence-electron chi connectivity index (χ0n) is 14.5. The molecule has 0 aliphatic carbocycles. The molecule has 0 radical (unpaired) electrons. The fourth-order valence-electron chi connectivity index (χ4n) is 1.92. The van der Waals surface area contributed by atoms with Crippen molar-refractivity contribution >= 4 is 33.7 Å². The van der Waals surface area contributed by atoms with E-state index in [-0.39, 0.29) is 11.4 Å². The lowest BCUT2D eigenvalue weighted by molar-refractivity contribution is -0.141. The fourth-order valence-corrected chi connectivity index (χ4v) is 3.62. The van der Waals surface area contributed by atoms with Gasteiger partial charge >= 0.3 is 5.97 Å². The highest BCUT2D eigenvalue weighted by Gasteiger charge is 2.26. The van der Waals surface area contributed by atoms with Crippen LogP contribution in [0.25, 0.3) is 0 Å². The van der Waals surface area contributed by atoms with Crippen molar-refractivity contribution in [1.82, 2.24) is 10.0 Å². The molecule has 1 rings (SSSR count). The molecule has 9 heteroatoms. The number of thioether (sulfide) groups is 1. The summed E-state index contributed by atoms with van der Waals surface area (Å²) in [6, 6.07) is 5.36. The summed E-state index contributed by atoms with van der Waals surface area (Å²) in [6.45, 7) is 3.26. The van der Waals surface area contributed by atoms with Crippen LogP contribution < -0.4 is 10.0 Å². The quantitative estimate of drug-likeness (QED) is 0.556. The number of carbonyl (C=O) groups excluding carboxylic acids is 1. The molecule has 140 valence electrons. The molecule has 25 heavy (non-hydrogen) atoms. The molecule has 0 aliphatic heterocycles. The molecule has 0 aliphatic rings. The molecule has 0 heterocycles. The first-order valence-corrected chi connectivity index (χ1v) is 10.6. The third-order valence-electron chi connectivity index (χ3n) is 3.56. The number of hydrogen-bond donors (Lipinski definition) is 3. The first kappa shape index (κ1) is 21.5. The molecular formula is C16H24N2O5S2. The van der Waals surface area contributed by atoms with Gasteiger partial charge in [0.05, 0.1) is 10.8 Å². The molecule has 0 saturated heterocycles. The lowest BCUT2D eigenvalue weighted by Gasteiger charge is -2.19. The van der Waals surface area contributed by atoms with Crippen molar-refractivity contribution in [3.05, 3.63) is 29.8 Å². The molecule has 0 fully saturated rings. The van der Waals surface area contributed by atoms with E-state index < -0.39 is 33.9 Å². The van der Waals surface area contributed by atoms with E-state index in [9.17, 15) is 18.0 Å². The number of amides is 1. The minimum Gasteiger partial charge on any atom is -0.481 e. The number of carboxylic acid groups (broad SMARTS) is 1. The summed E-state index contributed by atoms with van der Waals surface area (Å²) in [5.74, 6) is -1.72. The zero-order chi connectivity index (χ0) is 19.0. The molecule has 2 atom stereocenters. The Morgan fingerprint density at radius 1 is 1.24 bits per heavy atom. The standard InChI is InChI=1S/C16H24N2O5S2/c1-11-4-6-13(7-5-11)25(22,23)18-14(8-9-24-3)15(19)17-10-12(2)16(20)21/h4-7,12,14,18H,8-10H2,1-3H3,(H,17,19)(H,20,21). The normalized spacial score (nSPS) is 13.9. The Morgan fingerprint density at radius 2 is 1.84 bits per heavy atom. The third-order valence-corrected chi connectivity index (χ3v) is 5.69. The second-order valence-corrected chi connectivity index (χ2v) is 8.45. The van der Waals surface area contributed by atoms with Crippen LogP contribution in [-0.2, 0) is 19.6 Å². The molecule has 0 spiro atoms. The molecule has 0 saturated carbocycles. The Kier molecular flexibility index (Phi) is 8.40. The van der Waals surface area contributed by atoms with Crippen LogP contribution in [0.5, 0.6) is 0 Å². The molecule has 7 nitrogen and oxygen atoms in total. The number of aliphatic carboxylic acids is 1. The van der Waals surface area contributed by atoms with Gasteiger partial charge in [0, 0.05) is 6.54 Å². The van der Waals surface area contributed by atoms with Crippen molar-refractivity contribution in [1.29, 1.82) is 0 Å². The maximum Gasteiger partial charge on any atom is 0.308 e. The van der Waals surface area contributed by atoms with E-state index in [4.69, 9.17) is 5.11 Å². The number of nitrogens with one attached hydrogen (secondary N) is 2. The topological polar surface area (TPSA) is 113 Å². The van der Waals surface area contributed by atoms with Crippen molar-refractivity contribution in [3.63, 3.8) is 0 Å². The van der Waals surface area contributed by atoms with Gasteiger partial charge in [-0.2, -0.15) is 16.5 Å². The van der Waals surface area contributed by atoms with E-state index in [1.807, 2.05) is 13.2 Å². The fraction of sp³-hybridized carbons (Fsp3) is 0.500. The van der Waals surface area contributed by atoms with Gasteiger partial charge in [-0.3, -0.25) is 9.59 Å². The van der Waals surface area contributed by atoms with E-state index in [0.29, 0.717) is 12.2 Å². The van der Waals surface area contributed by atoms with Crippen molar-refractivity contribution in [2.75, 3.05) is 18.6 Å². The monoisotopic (exact) mass is 388 g/mol. The summed E-state index contributed by atoms with van der Waals surface area (Å²) in [5, 5.41) is 11.4. The smallest absolute Gasteiger partial charge is 0.308 e. The van der Waals surface area contributed by atoms with Gasteiger partial charge in [0.15, 0.2) is 0 Å². The SMILES string of the molecule is CSCCC(NS(=O)(=O)c1ccc(C)cc1)C(=O)NCC(C)C(=O)O. The number of aryl methyl sites for hydroxylation is 1. The first-order chi connectivity index (χ1) is 11.7. The van der Waals surface area contributed by atoms with Crippen LogP contribution in [0.4, 0.5) is 0 Å². The second kappa shape index (κ2) is 9.79. The van der Waals surface area contributed by atoms with Crippen LogP contribution in [-0.4, -0.2) is 50.0 Å². The zero-order valence-corrected chi connectivity index (χ0v) is 16.1. The van der Waals surface area contributed by atoms with Gasteiger partial charge in [0.2, 0.25) is 15.9 Å². The maximum atomic E-state index is 12.5. The highest BCUT2D eigenvalue weighted by molar-refractivity contribution is 7.98. The largest absolute Gasteiger partial charge is 0.481 e. The third kappa shape index (κ3) is 7.05. The number of carboxylic acids is 1. The predicted molar refractivity (Wildman–Crippen MR) is 98.1 cm³/mol. The van der Waals surface area contributed by atoms with E-state index in [1.54, 1.807) is 12.1 Å². The van der Waals surface area contributed by atoms with E-state index in [0.717, 1.165) is 5.56 Å². The van der Waals surface area contributed by atoms with Gasteiger partial charge in [-0.15, -0.1) is 0 Å². The lowest BCUT2D eigenvalue weighted by atomic mass is 10.1. The molecule has 0 bridgehead atoms. The molecule has 1 aromatic rings. The lowest BCUT2D eigenvalue weighted by Crippen LogP contribution is -2.48. The van der Waals surface area contributed by atoms with Gasteiger partial charge in [-0.1, -0.05) is 24.6 Å². The molecule has 3 N–H and O–H groups in total. The molecular weight excluding hydrogens is 364 g/mol. The predicted octanol–water partition coefficient (Wildman–Crippen LogP) is 1.23. The van der Waals surface area contributed by atoms with Gasteiger partial charge in [-0.25, -0.2) is 8.42 Å². The Balaban J connectivity index is 2.85. The van der Waals surface area contributed by atoms with Crippen LogP contribution in [0.15, 0.2) is 29.2 Å². The Morgan fingerprint density at radius 3 is 2.36 bits per heavy atom. The van der Waals surface area contributed by atoms with Gasteiger partial charge in [0.1, 0.15) is 6.04 Å². The van der Waals surface area contributed by atoms with Crippen LogP contribution in [0.3, 0.4) is 0 Å². The van der Waals surface area contributed by atoms with Gasteiger partial charge < -0.3 is 10.4 Å². The first-order valence-electron chi connectivity index (χ1n) is 7.76. The van der Waals surface area contributed by atoms with Gasteiger partial charge in [0.25, 0.3) is 0 Å². The number of hydrogen-bond acceptors (Lipinski definition) is 5. The number of benzene rings is 1. The molecule has 0 aromatic heterocycles. The van der Waals surface area contributed by atoms with Crippen molar-refractivity contribution < 1.29 is 23.1 Å². The maximum absolute atomic E-state index is 12.5. The summed E-state index contributed by atoms with van der Waals surface area (Å²) >= 11 is 1.49. The number of carbonyl (C=O) groups is 2. The van der Waals surface area contributed by atoms with E-state index >= 15 is 0 Å². The Labute approximate surface area is 152 Å². The van der Waals surface area contributed by atoms with Crippen molar-refractivity contribution in [2.24, 2.45) is 5.92 Å². The average Bonchev–Trinajstić information content (AvgIpc) is 2.56. The highest BCUT2D eigenvalue weighted by atomic mass is 32.2. The minimum absolute atomic E-state index is 0.0593. The molecule has 1 amide bonds. The summed E-state index contributed by atoms with van der Waals surface area (Å²) < 4.78 is 27.4. The summed E-state index contributed by atoms with van der Waals surface area (Å²) in [7, 11) is -3.84. The van der Waals surface area contributed by atoms with Gasteiger partial charge in [-0.05, 0) is 37.5 Å². The minimum atomic E-state index is -3.84. The average molecular weight is 389 g/mol. The van der Waals surface area contributed by atoms with E-state index in [1.165, 1.54) is 30.8 Å². The second-order valence-electron chi connectivity index (χ2n) is 5.75. The Hall–Kier alpha value is -1.58. The molecule has 2 unspecified atom stereocenters. The molecule has 1 aromatic carbocycles. The van der Waals surface area contributed by atoms with Crippen LogP contribution in [0.1, 0.15) is 18.9 Å². The van der Waals surface area contributed by atoms with Crippen molar-refractivity contribution in [2.45, 2.75) is 31.2 Å². The number of rotatable bonds is 10. The van der Waals surface area contributed by atoms with Crippen LogP contribution in [0, 0.1) is 12.8 Å². The van der Waals surface area contributed by atoms with E-state index in [2.05, 4.69) is 10.0 Å².